The van der Waals surface area contributed by atoms with Crippen molar-refractivity contribution in [3.8, 4) is 5.75 Å². The third-order valence-corrected chi connectivity index (χ3v) is 7.02. The van der Waals surface area contributed by atoms with Gasteiger partial charge in [0.1, 0.15) is 18.3 Å². The summed E-state index contributed by atoms with van der Waals surface area (Å²) in [7, 11) is 1.29. The maximum absolute atomic E-state index is 13.7. The molecule has 184 valence electrons. The van der Waals surface area contributed by atoms with Gasteiger partial charge in [0, 0.05) is 28.6 Å². The van der Waals surface area contributed by atoms with Crippen LogP contribution in [0, 0.1) is 11.8 Å². The highest BCUT2D eigenvalue weighted by Crippen LogP contribution is 2.45. The third kappa shape index (κ3) is 5.32. The number of nitrogens with one attached hydrogen (secondary N) is 1. The van der Waals surface area contributed by atoms with Gasteiger partial charge in [0.25, 0.3) is 0 Å². The van der Waals surface area contributed by atoms with Gasteiger partial charge in [0.2, 0.25) is 0 Å². The molecule has 3 atom stereocenters. The van der Waals surface area contributed by atoms with Gasteiger partial charge in [-0.15, -0.1) is 0 Å². The molecule has 0 unspecified atom stereocenters. The molecule has 3 rings (SSSR count). The SMILES string of the molecule is CCOc1ccc([C@@H]2C(C(=O)OCCSCC)=C(C)NC3=C2C(=O)[C@H](C(=O)OC)[C@H](C)C3)cc1. The number of thioether (sulfide) groups is 1. The van der Waals surface area contributed by atoms with E-state index in [9.17, 15) is 14.4 Å². The first-order chi connectivity index (χ1) is 16.3. The molecular weight excluding hydrogens is 454 g/mol. The second-order valence-electron chi connectivity index (χ2n) is 8.37. The van der Waals surface area contributed by atoms with Crippen LogP contribution in [0.15, 0.2) is 46.8 Å². The van der Waals surface area contributed by atoms with Crippen molar-refractivity contribution in [3.63, 3.8) is 0 Å². The van der Waals surface area contributed by atoms with E-state index in [1.165, 1.54) is 7.11 Å². The van der Waals surface area contributed by atoms with Crippen molar-refractivity contribution in [2.45, 2.75) is 40.0 Å². The predicted molar refractivity (Wildman–Crippen MR) is 131 cm³/mol. The largest absolute Gasteiger partial charge is 0.494 e. The first kappa shape index (κ1) is 25.9. The standard InChI is InChI=1S/C26H33NO6S/c1-6-32-18-10-8-17(9-11-18)22-21(26(30)33-12-13-34-7-2)16(4)27-19-14-15(3)20(25(29)31-5)24(28)23(19)22/h8-11,15,20,22,27H,6-7,12-14H2,1-5H3/t15-,20-,22-/m1/s1. The van der Waals surface area contributed by atoms with Gasteiger partial charge in [0.05, 0.1) is 19.3 Å². The fourth-order valence-electron chi connectivity index (χ4n) is 4.62. The lowest BCUT2D eigenvalue weighted by Gasteiger charge is -2.38. The van der Waals surface area contributed by atoms with Gasteiger partial charge in [-0.1, -0.05) is 26.0 Å². The Kier molecular flexibility index (Phi) is 8.83. The topological polar surface area (TPSA) is 90.9 Å². The highest BCUT2D eigenvalue weighted by molar-refractivity contribution is 7.99. The summed E-state index contributed by atoms with van der Waals surface area (Å²) in [5.41, 5.74) is 2.97. The number of ketones is 1. The Hall–Kier alpha value is -2.74. The lowest BCUT2D eigenvalue weighted by Crippen LogP contribution is -2.43. The number of dihydropyridines is 1. The van der Waals surface area contributed by atoms with E-state index >= 15 is 0 Å². The molecule has 1 heterocycles. The number of carbonyl (C=O) groups excluding carboxylic acids is 3. The van der Waals surface area contributed by atoms with E-state index in [1.54, 1.807) is 11.8 Å². The second kappa shape index (κ2) is 11.6. The zero-order valence-electron chi connectivity index (χ0n) is 20.4. The van der Waals surface area contributed by atoms with Gasteiger partial charge in [-0.25, -0.2) is 4.79 Å². The van der Waals surface area contributed by atoms with Gasteiger partial charge in [-0.3, -0.25) is 9.59 Å². The minimum absolute atomic E-state index is 0.223. The van der Waals surface area contributed by atoms with Gasteiger partial charge >= 0.3 is 11.9 Å². The summed E-state index contributed by atoms with van der Waals surface area (Å²) >= 11 is 1.69. The highest BCUT2D eigenvalue weighted by atomic mass is 32.2. The average Bonchev–Trinajstić information content (AvgIpc) is 2.81. The Labute approximate surface area is 205 Å². The molecule has 1 N–H and O–H groups in total. The number of rotatable bonds is 9. The van der Waals surface area contributed by atoms with Crippen LogP contribution < -0.4 is 10.1 Å². The molecular formula is C26H33NO6S. The number of benzene rings is 1. The van der Waals surface area contributed by atoms with Gasteiger partial charge in [0.15, 0.2) is 5.78 Å². The predicted octanol–water partition coefficient (Wildman–Crippen LogP) is 3.99. The Bertz CT molecular complexity index is 997. The Morgan fingerprint density at radius 1 is 1.18 bits per heavy atom. The van der Waals surface area contributed by atoms with Crippen LogP contribution in [0.5, 0.6) is 5.75 Å². The number of hydrogen-bond donors (Lipinski definition) is 1. The van der Waals surface area contributed by atoms with Crippen LogP contribution in [0.2, 0.25) is 0 Å². The van der Waals surface area contributed by atoms with E-state index in [2.05, 4.69) is 5.32 Å². The summed E-state index contributed by atoms with van der Waals surface area (Å²) in [5, 5.41) is 3.28. The molecule has 0 saturated heterocycles. The molecule has 0 fully saturated rings. The molecule has 1 aliphatic carbocycles. The molecule has 0 saturated carbocycles. The molecule has 0 spiro atoms. The van der Waals surface area contributed by atoms with Crippen molar-refractivity contribution in [3.05, 3.63) is 52.4 Å². The van der Waals surface area contributed by atoms with Gasteiger partial charge in [-0.2, -0.15) is 11.8 Å². The number of methoxy groups -OCH3 is 1. The van der Waals surface area contributed by atoms with Crippen LogP contribution in [0.4, 0.5) is 0 Å². The summed E-state index contributed by atoms with van der Waals surface area (Å²) in [4.78, 5) is 39.5. The normalized spacial score (nSPS) is 22.1. The summed E-state index contributed by atoms with van der Waals surface area (Å²) in [5.74, 6) is -0.775. The summed E-state index contributed by atoms with van der Waals surface area (Å²) < 4.78 is 16.1. The maximum atomic E-state index is 13.7. The number of allylic oxidation sites excluding steroid dienone is 3. The van der Waals surface area contributed by atoms with Crippen molar-refractivity contribution >= 4 is 29.5 Å². The monoisotopic (exact) mass is 487 g/mol. The number of hydrogen-bond acceptors (Lipinski definition) is 8. The Morgan fingerprint density at radius 2 is 1.88 bits per heavy atom. The Morgan fingerprint density at radius 3 is 2.50 bits per heavy atom. The minimum Gasteiger partial charge on any atom is -0.494 e. The fourth-order valence-corrected chi connectivity index (χ4v) is 5.11. The number of carbonyl (C=O) groups is 3. The maximum Gasteiger partial charge on any atom is 0.336 e. The molecule has 8 heteroatoms. The Balaban J connectivity index is 2.06. The quantitative estimate of drug-likeness (QED) is 0.318. The average molecular weight is 488 g/mol. The zero-order valence-corrected chi connectivity index (χ0v) is 21.3. The molecule has 0 aromatic heterocycles. The molecule has 1 aliphatic heterocycles. The second-order valence-corrected chi connectivity index (χ2v) is 9.76. The van der Waals surface area contributed by atoms with E-state index in [0.29, 0.717) is 41.4 Å². The molecule has 34 heavy (non-hydrogen) atoms. The van der Waals surface area contributed by atoms with Crippen LogP contribution in [0.3, 0.4) is 0 Å². The van der Waals surface area contributed by atoms with Crippen LogP contribution in [0.1, 0.15) is 45.6 Å². The molecule has 2 aliphatic rings. The first-order valence-electron chi connectivity index (χ1n) is 11.6. The summed E-state index contributed by atoms with van der Waals surface area (Å²) in [6, 6.07) is 7.37. The molecule has 0 bridgehead atoms. The van der Waals surface area contributed by atoms with Crippen LogP contribution in [-0.2, 0) is 23.9 Å². The molecule has 0 amide bonds. The van der Waals surface area contributed by atoms with Crippen molar-refractivity contribution < 1.29 is 28.6 Å². The van der Waals surface area contributed by atoms with E-state index in [1.807, 2.05) is 52.0 Å². The fraction of sp³-hybridized carbons (Fsp3) is 0.500. The molecule has 1 aromatic rings. The van der Waals surface area contributed by atoms with E-state index in [0.717, 1.165) is 17.0 Å². The minimum atomic E-state index is -0.910. The van der Waals surface area contributed by atoms with Gasteiger partial charge in [-0.05, 0) is 49.6 Å². The third-order valence-electron chi connectivity index (χ3n) is 6.15. The lowest BCUT2D eigenvalue weighted by molar-refractivity contribution is -0.151. The van der Waals surface area contributed by atoms with Crippen LogP contribution in [0.25, 0.3) is 0 Å². The number of Topliss-reactive ketones (excluding diaryl/α,β-unsaturated/α-hetero) is 1. The van der Waals surface area contributed by atoms with E-state index in [-0.39, 0.29) is 18.3 Å². The molecule has 0 radical (unpaired) electrons. The smallest absolute Gasteiger partial charge is 0.336 e. The summed E-state index contributed by atoms with van der Waals surface area (Å²) in [6.07, 6.45) is 0.501. The zero-order chi connectivity index (χ0) is 24.8. The van der Waals surface area contributed by atoms with Crippen molar-refractivity contribution in [2.24, 2.45) is 11.8 Å². The highest BCUT2D eigenvalue weighted by Gasteiger charge is 2.47. The van der Waals surface area contributed by atoms with Gasteiger partial charge < -0.3 is 19.5 Å². The number of ether oxygens (including phenoxy) is 3. The van der Waals surface area contributed by atoms with Crippen molar-refractivity contribution in [1.82, 2.24) is 5.32 Å². The summed E-state index contributed by atoms with van der Waals surface area (Å²) in [6.45, 7) is 8.46. The molecule has 7 nitrogen and oxygen atoms in total. The molecule has 1 aromatic carbocycles. The van der Waals surface area contributed by atoms with Crippen LogP contribution >= 0.6 is 11.8 Å². The van der Waals surface area contributed by atoms with Crippen LogP contribution in [-0.4, -0.2) is 49.6 Å². The number of esters is 2. The van der Waals surface area contributed by atoms with Crippen molar-refractivity contribution in [2.75, 3.05) is 31.8 Å². The van der Waals surface area contributed by atoms with Crippen molar-refractivity contribution in [1.29, 1.82) is 0 Å². The van der Waals surface area contributed by atoms with E-state index < -0.39 is 23.8 Å². The van der Waals surface area contributed by atoms with E-state index in [4.69, 9.17) is 14.2 Å². The first-order valence-corrected chi connectivity index (χ1v) is 12.8. The lowest BCUT2D eigenvalue weighted by atomic mass is 9.69.